The monoisotopic (exact) mass is 345 g/mol. The fraction of sp³-hybridized carbons (Fsp3) is 0.211. The van der Waals surface area contributed by atoms with Crippen molar-refractivity contribution in [1.82, 2.24) is 4.98 Å². The first-order chi connectivity index (χ1) is 11.8. The minimum atomic E-state index is -4.43. The molecule has 1 aromatic carbocycles. The second-order valence-electron chi connectivity index (χ2n) is 5.89. The van der Waals surface area contributed by atoms with Gasteiger partial charge in [-0.3, -0.25) is 0 Å². The van der Waals surface area contributed by atoms with E-state index in [4.69, 9.17) is 0 Å². The van der Waals surface area contributed by atoms with Crippen LogP contribution in [-0.2, 0) is 6.18 Å². The van der Waals surface area contributed by atoms with Crippen LogP contribution in [0.15, 0.2) is 55.0 Å². The molecule has 0 aliphatic rings. The number of hydrogen-bond donors (Lipinski definition) is 0. The molecule has 0 amide bonds. The van der Waals surface area contributed by atoms with Gasteiger partial charge in [-0.2, -0.15) is 22.3 Å². The first-order valence-electron chi connectivity index (χ1n) is 7.82. The summed E-state index contributed by atoms with van der Waals surface area (Å²) in [5, 5.41) is 0. The van der Waals surface area contributed by atoms with Crippen LogP contribution < -0.4 is 9.13 Å². The Morgan fingerprint density at radius 3 is 2.12 bits per heavy atom. The topological polar surface area (TPSA) is 20.6 Å². The highest BCUT2D eigenvalue weighted by Crippen LogP contribution is 2.32. The number of pyridine rings is 1. The molecule has 128 valence electrons. The molecule has 0 radical (unpaired) electrons. The van der Waals surface area contributed by atoms with E-state index in [-0.39, 0.29) is 0 Å². The van der Waals surface area contributed by atoms with Crippen LogP contribution >= 0.6 is 0 Å². The fourth-order valence-corrected chi connectivity index (χ4v) is 2.85. The lowest BCUT2D eigenvalue weighted by Crippen LogP contribution is -2.40. The summed E-state index contributed by atoms with van der Waals surface area (Å²) in [6.45, 7) is 5.45. The van der Waals surface area contributed by atoms with Crippen LogP contribution in [0, 0.1) is 20.8 Å². The highest BCUT2D eigenvalue weighted by atomic mass is 19.4. The third-order valence-electron chi connectivity index (χ3n) is 4.19. The van der Waals surface area contributed by atoms with E-state index < -0.39 is 11.7 Å². The Kier molecular flexibility index (Phi) is 4.29. The van der Waals surface area contributed by atoms with E-state index in [0.717, 1.165) is 11.3 Å². The molecular formula is C19H18F3N3+2. The summed E-state index contributed by atoms with van der Waals surface area (Å²) in [5.74, 6) is 0.616. The molecule has 6 heteroatoms. The van der Waals surface area contributed by atoms with Gasteiger partial charge < -0.3 is 0 Å². The zero-order valence-corrected chi connectivity index (χ0v) is 14.2. The molecule has 2 aromatic heterocycles. The van der Waals surface area contributed by atoms with E-state index in [1.807, 2.05) is 26.0 Å². The standard InChI is InChI=1S/C19H18F3N3/c1-13-7-4-5-9-24(13)17-11-16(19(20,21)22)12-18(14(17)2)25-10-6-8-23-15(25)3/h4-12H,1-3H3/q+2. The van der Waals surface area contributed by atoms with Gasteiger partial charge in [-0.25, -0.2) is 0 Å². The SMILES string of the molecule is Cc1c(-[n+]2ccccc2C)cc(C(F)(F)F)cc1-[n+]1cccnc1C. The minimum absolute atomic E-state index is 0.464. The number of aromatic nitrogens is 3. The largest absolute Gasteiger partial charge is 0.416 e. The molecule has 0 aliphatic heterocycles. The van der Waals surface area contributed by atoms with Crippen molar-refractivity contribution in [2.45, 2.75) is 26.9 Å². The summed E-state index contributed by atoms with van der Waals surface area (Å²) < 4.78 is 43.9. The third kappa shape index (κ3) is 3.24. The highest BCUT2D eigenvalue weighted by molar-refractivity contribution is 5.48. The van der Waals surface area contributed by atoms with E-state index >= 15 is 0 Å². The average Bonchev–Trinajstić information content (AvgIpc) is 2.55. The van der Waals surface area contributed by atoms with E-state index in [0.29, 0.717) is 17.2 Å². The van der Waals surface area contributed by atoms with Crippen LogP contribution in [0.1, 0.15) is 22.6 Å². The maximum atomic E-state index is 13.5. The Labute approximate surface area is 144 Å². The van der Waals surface area contributed by atoms with Crippen molar-refractivity contribution in [3.8, 4) is 11.4 Å². The van der Waals surface area contributed by atoms with E-state index in [1.54, 1.807) is 46.8 Å². The van der Waals surface area contributed by atoms with Crippen molar-refractivity contribution in [3.05, 3.63) is 77.6 Å². The van der Waals surface area contributed by atoms with Crippen LogP contribution in [-0.4, -0.2) is 4.98 Å². The van der Waals surface area contributed by atoms with Crippen LogP contribution in [0.25, 0.3) is 11.4 Å². The van der Waals surface area contributed by atoms with Gasteiger partial charge in [0.2, 0.25) is 5.69 Å². The zero-order chi connectivity index (χ0) is 18.2. The van der Waals surface area contributed by atoms with Gasteiger partial charge >= 0.3 is 6.18 Å². The summed E-state index contributed by atoms with van der Waals surface area (Å²) in [6, 6.07) is 9.59. The molecule has 0 N–H and O–H groups in total. The van der Waals surface area contributed by atoms with Gasteiger partial charge in [0.25, 0.3) is 5.82 Å². The highest BCUT2D eigenvalue weighted by Gasteiger charge is 2.35. The Hall–Kier alpha value is -2.76. The van der Waals surface area contributed by atoms with Crippen molar-refractivity contribution in [1.29, 1.82) is 0 Å². The van der Waals surface area contributed by atoms with Crippen LogP contribution in [0.2, 0.25) is 0 Å². The number of benzene rings is 1. The molecule has 3 aromatic rings. The fourth-order valence-electron chi connectivity index (χ4n) is 2.85. The number of halogens is 3. The van der Waals surface area contributed by atoms with Crippen molar-refractivity contribution in [3.63, 3.8) is 0 Å². The molecule has 0 saturated heterocycles. The number of aryl methyl sites for hydroxylation is 2. The first kappa shape index (κ1) is 17.1. The summed E-state index contributed by atoms with van der Waals surface area (Å²) in [6.07, 6.45) is 0.669. The molecule has 3 rings (SSSR count). The Morgan fingerprint density at radius 2 is 1.52 bits per heavy atom. The lowest BCUT2D eigenvalue weighted by molar-refractivity contribution is -0.614. The normalized spacial score (nSPS) is 11.6. The van der Waals surface area contributed by atoms with Crippen LogP contribution in [0.3, 0.4) is 0 Å². The van der Waals surface area contributed by atoms with Gasteiger partial charge in [0.15, 0.2) is 11.9 Å². The zero-order valence-electron chi connectivity index (χ0n) is 14.2. The molecule has 2 heterocycles. The number of rotatable bonds is 2. The molecule has 0 spiro atoms. The van der Waals surface area contributed by atoms with Gasteiger partial charge in [-0.1, -0.05) is 11.1 Å². The molecule has 0 fully saturated rings. The van der Waals surface area contributed by atoms with Crippen molar-refractivity contribution >= 4 is 0 Å². The predicted molar refractivity (Wildman–Crippen MR) is 86.5 cm³/mol. The van der Waals surface area contributed by atoms with E-state index in [1.165, 1.54) is 12.1 Å². The second kappa shape index (κ2) is 6.27. The number of alkyl halides is 3. The molecule has 25 heavy (non-hydrogen) atoms. The summed E-state index contributed by atoms with van der Waals surface area (Å²) in [7, 11) is 0. The second-order valence-corrected chi connectivity index (χ2v) is 5.89. The van der Waals surface area contributed by atoms with Crippen molar-refractivity contribution in [2.24, 2.45) is 0 Å². The van der Waals surface area contributed by atoms with Crippen LogP contribution in [0.4, 0.5) is 13.2 Å². The van der Waals surface area contributed by atoms with Crippen molar-refractivity contribution < 1.29 is 22.3 Å². The predicted octanol–water partition coefficient (Wildman–Crippen LogP) is 3.58. The number of hydrogen-bond acceptors (Lipinski definition) is 1. The van der Waals surface area contributed by atoms with Crippen molar-refractivity contribution in [2.75, 3.05) is 0 Å². The van der Waals surface area contributed by atoms with E-state index in [9.17, 15) is 13.2 Å². The average molecular weight is 345 g/mol. The summed E-state index contributed by atoms with van der Waals surface area (Å²) in [5.41, 5.74) is 1.87. The van der Waals surface area contributed by atoms with Crippen LogP contribution in [0.5, 0.6) is 0 Å². The van der Waals surface area contributed by atoms with Gasteiger partial charge in [-0.15, -0.1) is 0 Å². The van der Waals surface area contributed by atoms with Gasteiger partial charge in [0, 0.05) is 38.1 Å². The Balaban J connectivity index is 2.35. The third-order valence-corrected chi connectivity index (χ3v) is 4.19. The summed E-state index contributed by atoms with van der Waals surface area (Å²) >= 11 is 0. The van der Waals surface area contributed by atoms with Gasteiger partial charge in [0.05, 0.1) is 11.1 Å². The minimum Gasteiger partial charge on any atom is -0.200 e. The maximum Gasteiger partial charge on any atom is 0.416 e. The molecule has 0 unspecified atom stereocenters. The quantitative estimate of drug-likeness (QED) is 0.650. The Bertz CT molecular complexity index is 867. The molecule has 0 saturated carbocycles. The molecular weight excluding hydrogens is 327 g/mol. The van der Waals surface area contributed by atoms with Gasteiger partial charge in [0.1, 0.15) is 18.1 Å². The molecule has 0 atom stereocenters. The smallest absolute Gasteiger partial charge is 0.200 e. The molecule has 3 nitrogen and oxygen atoms in total. The molecule has 0 bridgehead atoms. The first-order valence-corrected chi connectivity index (χ1v) is 7.82. The number of nitrogens with zero attached hydrogens (tertiary/aromatic N) is 3. The molecule has 0 aliphatic carbocycles. The Morgan fingerprint density at radius 1 is 0.880 bits per heavy atom. The maximum absolute atomic E-state index is 13.5. The lowest BCUT2D eigenvalue weighted by atomic mass is 10.1. The van der Waals surface area contributed by atoms with E-state index in [2.05, 4.69) is 4.98 Å². The lowest BCUT2D eigenvalue weighted by Gasteiger charge is -2.13. The summed E-state index contributed by atoms with van der Waals surface area (Å²) in [4.78, 5) is 4.18. The van der Waals surface area contributed by atoms with Gasteiger partial charge in [-0.05, 0) is 13.0 Å².